The SMILES string of the molecule is CC(C)(C)c1ccnc(-n2c3[c-]c(Oc4[c-]c(N5[CH-]N(c6cccc(C(C)(C)c7ccccc7)c6)c6cc(C(C)(C)C)c(C(C)(C)C)cc65)ccc4)ccc3c3ccc(C(C)(C)c4ccccc4)cc32)c1.[Pt]. The Balaban J connectivity index is 0.00000640. The minimum atomic E-state index is -0.229. The number of anilines is 4. The average molecular weight is 1130 g/mol. The van der Waals surface area contributed by atoms with E-state index < -0.39 is 0 Å². The summed E-state index contributed by atoms with van der Waals surface area (Å²) in [7, 11) is 0. The van der Waals surface area contributed by atoms with Gasteiger partial charge in [-0.2, -0.15) is 12.1 Å². The largest absolute Gasteiger partial charge is 0.509 e. The first-order valence-corrected chi connectivity index (χ1v) is 25.1. The van der Waals surface area contributed by atoms with Crippen LogP contribution in [-0.4, -0.2) is 9.55 Å². The molecular formula is C66H67N4OPt-3. The number of benzene rings is 7. The number of fused-ring (bicyclic) bond motifs is 4. The standard InChI is InChI=1S/C66H67N4O.Pt/c1-62(2,3)46-34-35-67-61(38-46)70-57-37-48(66(12,13)45-24-18-15-19-25-45)30-32-53(57)54-33-31-52(40-58(54)70)71-51-29-21-28-50(39-51)69-43-68(59-41-55(63(4,5)6)56(42-60(59)69)64(7,8)9)49-27-20-26-47(36-49)65(10,11)44-22-16-14-17-23-44;/h14-38,41-43H,1-13H3;/q-3;. The fourth-order valence-corrected chi connectivity index (χ4v) is 10.3. The molecule has 0 atom stereocenters. The van der Waals surface area contributed by atoms with Crippen LogP contribution in [0.5, 0.6) is 11.5 Å². The fourth-order valence-electron chi connectivity index (χ4n) is 10.3. The van der Waals surface area contributed by atoms with Crippen molar-refractivity contribution < 1.29 is 25.8 Å². The van der Waals surface area contributed by atoms with Gasteiger partial charge in [0.1, 0.15) is 5.82 Å². The number of rotatable bonds is 9. The quantitative estimate of drug-likeness (QED) is 0.135. The van der Waals surface area contributed by atoms with Crippen molar-refractivity contribution in [1.82, 2.24) is 9.55 Å². The summed E-state index contributed by atoms with van der Waals surface area (Å²) < 4.78 is 9.09. The molecule has 0 amide bonds. The predicted octanol–water partition coefficient (Wildman–Crippen LogP) is 17.5. The second-order valence-electron chi connectivity index (χ2n) is 23.6. The van der Waals surface area contributed by atoms with Gasteiger partial charge in [0, 0.05) is 72.2 Å². The van der Waals surface area contributed by atoms with Gasteiger partial charge in [0.15, 0.2) is 0 Å². The number of hydrogen-bond acceptors (Lipinski definition) is 4. The van der Waals surface area contributed by atoms with E-state index >= 15 is 0 Å². The van der Waals surface area contributed by atoms with Gasteiger partial charge in [-0.05, 0) is 103 Å². The number of ether oxygens (including phenoxy) is 1. The molecule has 72 heavy (non-hydrogen) atoms. The van der Waals surface area contributed by atoms with Crippen LogP contribution in [0.2, 0.25) is 0 Å². The minimum absolute atomic E-state index is 0. The van der Waals surface area contributed by atoms with E-state index in [1.165, 1.54) is 38.9 Å². The number of aromatic nitrogens is 2. The Bertz CT molecular complexity index is 3440. The second-order valence-corrected chi connectivity index (χ2v) is 23.6. The van der Waals surface area contributed by atoms with Gasteiger partial charge < -0.3 is 19.1 Å². The normalized spacial score (nSPS) is 13.4. The molecule has 0 radical (unpaired) electrons. The first kappa shape index (κ1) is 50.5. The van der Waals surface area contributed by atoms with Crippen molar-refractivity contribution >= 4 is 44.6 Å². The summed E-state index contributed by atoms with van der Waals surface area (Å²) in [5.41, 5.74) is 14.4. The van der Waals surface area contributed by atoms with E-state index in [-0.39, 0.29) is 48.1 Å². The van der Waals surface area contributed by atoms with E-state index in [4.69, 9.17) is 9.72 Å². The molecule has 10 rings (SSSR count). The van der Waals surface area contributed by atoms with Crippen LogP contribution in [-0.2, 0) is 48.1 Å². The summed E-state index contributed by atoms with van der Waals surface area (Å²) in [6, 6.07) is 64.4. The molecule has 0 aliphatic carbocycles. The molecule has 3 heterocycles. The number of pyridine rings is 1. The maximum Gasteiger partial charge on any atom is 0.135 e. The van der Waals surface area contributed by atoms with Crippen molar-refractivity contribution in [1.29, 1.82) is 0 Å². The van der Waals surface area contributed by atoms with Crippen molar-refractivity contribution in [3.8, 4) is 17.3 Å². The Kier molecular flexibility index (Phi) is 13.0. The third-order valence-electron chi connectivity index (χ3n) is 14.8. The average Bonchev–Trinajstić information content (AvgIpc) is 3.89. The van der Waals surface area contributed by atoms with Gasteiger partial charge in [0.05, 0.1) is 0 Å². The van der Waals surface area contributed by atoms with Gasteiger partial charge in [-0.25, -0.2) is 4.98 Å². The van der Waals surface area contributed by atoms with Gasteiger partial charge in [-0.1, -0.05) is 180 Å². The monoisotopic (exact) mass is 1130 g/mol. The molecular weight excluding hydrogens is 1060 g/mol. The molecule has 0 saturated heterocycles. The van der Waals surface area contributed by atoms with E-state index in [0.29, 0.717) is 11.5 Å². The van der Waals surface area contributed by atoms with Crippen molar-refractivity contribution in [3.05, 3.63) is 222 Å². The van der Waals surface area contributed by atoms with Gasteiger partial charge in [-0.15, -0.1) is 48.1 Å². The Morgan fingerprint density at radius 1 is 0.458 bits per heavy atom. The number of hydrogen-bond donors (Lipinski definition) is 0. The van der Waals surface area contributed by atoms with E-state index in [1.807, 2.05) is 18.3 Å². The van der Waals surface area contributed by atoms with Crippen molar-refractivity contribution in [3.63, 3.8) is 0 Å². The van der Waals surface area contributed by atoms with E-state index in [9.17, 15) is 0 Å². The smallest absolute Gasteiger partial charge is 0.135 e. The minimum Gasteiger partial charge on any atom is -0.509 e. The maximum atomic E-state index is 6.82. The van der Waals surface area contributed by atoms with Crippen molar-refractivity contribution in [2.45, 2.75) is 117 Å². The Hall–Kier alpha value is -6.42. The molecule has 0 saturated carbocycles. The third kappa shape index (κ3) is 9.30. The van der Waals surface area contributed by atoms with Gasteiger partial charge in [0.2, 0.25) is 0 Å². The van der Waals surface area contributed by atoms with Crippen molar-refractivity contribution in [2.24, 2.45) is 0 Å². The summed E-state index contributed by atoms with van der Waals surface area (Å²) in [6.07, 6.45) is 1.93. The van der Waals surface area contributed by atoms with Crippen LogP contribution in [0.1, 0.15) is 129 Å². The van der Waals surface area contributed by atoms with Crippen LogP contribution in [0.3, 0.4) is 0 Å². The molecule has 0 unspecified atom stereocenters. The van der Waals surface area contributed by atoms with Gasteiger partial charge in [0.25, 0.3) is 0 Å². The summed E-state index contributed by atoms with van der Waals surface area (Å²) in [4.78, 5) is 9.63. The maximum absolute atomic E-state index is 6.82. The first-order chi connectivity index (χ1) is 33.6. The number of nitrogens with zero attached hydrogens (tertiary/aromatic N) is 4. The zero-order chi connectivity index (χ0) is 50.3. The molecule has 0 N–H and O–H groups in total. The molecule has 370 valence electrons. The Labute approximate surface area is 443 Å². The topological polar surface area (TPSA) is 33.5 Å². The molecule has 0 fully saturated rings. The van der Waals surface area contributed by atoms with E-state index in [2.05, 4.69) is 269 Å². The zero-order valence-corrected chi connectivity index (χ0v) is 46.5. The van der Waals surface area contributed by atoms with Crippen LogP contribution in [0.15, 0.2) is 164 Å². The Morgan fingerprint density at radius 2 is 1.01 bits per heavy atom. The third-order valence-corrected chi connectivity index (χ3v) is 14.8. The predicted molar refractivity (Wildman–Crippen MR) is 297 cm³/mol. The van der Waals surface area contributed by atoms with Crippen LogP contribution < -0.4 is 14.5 Å². The second kappa shape index (κ2) is 18.6. The molecule has 1 aliphatic rings. The molecule has 6 heteroatoms. The molecule has 0 bridgehead atoms. The van der Waals surface area contributed by atoms with Gasteiger partial charge in [-0.3, -0.25) is 0 Å². The zero-order valence-electron chi connectivity index (χ0n) is 44.2. The molecule has 7 aromatic carbocycles. The van der Waals surface area contributed by atoms with E-state index in [1.54, 1.807) is 0 Å². The van der Waals surface area contributed by atoms with Gasteiger partial charge >= 0.3 is 0 Å². The fraction of sp³-hybridized carbons (Fsp3) is 0.273. The molecule has 5 nitrogen and oxygen atoms in total. The summed E-state index contributed by atoms with van der Waals surface area (Å²) in [5.74, 6) is 2.05. The van der Waals surface area contributed by atoms with E-state index in [0.717, 1.165) is 50.4 Å². The van der Waals surface area contributed by atoms with Crippen LogP contribution in [0, 0.1) is 18.8 Å². The van der Waals surface area contributed by atoms with Crippen LogP contribution in [0.4, 0.5) is 22.7 Å². The van der Waals surface area contributed by atoms with Crippen LogP contribution >= 0.6 is 0 Å². The van der Waals surface area contributed by atoms with Crippen LogP contribution in [0.25, 0.3) is 27.6 Å². The Morgan fingerprint density at radius 3 is 1.62 bits per heavy atom. The molecule has 9 aromatic rings. The summed E-state index contributed by atoms with van der Waals surface area (Å²) in [5, 5.41) is 2.22. The molecule has 0 spiro atoms. The molecule has 2 aromatic heterocycles. The van der Waals surface area contributed by atoms with Crippen molar-refractivity contribution in [2.75, 3.05) is 9.80 Å². The molecule has 1 aliphatic heterocycles. The first-order valence-electron chi connectivity index (χ1n) is 25.1. The summed E-state index contributed by atoms with van der Waals surface area (Å²) in [6.45, 7) is 32.1. The summed E-state index contributed by atoms with van der Waals surface area (Å²) >= 11 is 0.